The van der Waals surface area contributed by atoms with Crippen LogP contribution < -0.4 is 4.74 Å². The number of benzene rings is 1. The molecule has 1 unspecified atom stereocenters. The third-order valence-corrected chi connectivity index (χ3v) is 5.10. The van der Waals surface area contributed by atoms with Crippen molar-refractivity contribution in [2.45, 2.75) is 37.7 Å². The van der Waals surface area contributed by atoms with Gasteiger partial charge in [-0.15, -0.1) is 16.9 Å². The van der Waals surface area contributed by atoms with Crippen molar-refractivity contribution in [2.24, 2.45) is 0 Å². The average Bonchev–Trinajstić information content (AvgIpc) is 2.64. The molecule has 5 nitrogen and oxygen atoms in total. The van der Waals surface area contributed by atoms with Crippen molar-refractivity contribution in [1.82, 2.24) is 15.1 Å². The third kappa shape index (κ3) is 4.51. The predicted molar refractivity (Wildman–Crippen MR) is 99.2 cm³/mol. The fourth-order valence-corrected chi connectivity index (χ4v) is 3.73. The van der Waals surface area contributed by atoms with Gasteiger partial charge < -0.3 is 9.64 Å². The van der Waals surface area contributed by atoms with Crippen molar-refractivity contribution < 1.29 is 9.53 Å². The van der Waals surface area contributed by atoms with Gasteiger partial charge >= 0.3 is 0 Å². The van der Waals surface area contributed by atoms with Crippen molar-refractivity contribution in [3.05, 3.63) is 47.7 Å². The van der Waals surface area contributed by atoms with E-state index >= 15 is 0 Å². The Morgan fingerprint density at radius 1 is 1.28 bits per heavy atom. The molecule has 25 heavy (non-hydrogen) atoms. The Labute approximate surface area is 152 Å². The highest BCUT2D eigenvalue weighted by atomic mass is 32.2. The Balaban J connectivity index is 1.68. The van der Waals surface area contributed by atoms with Gasteiger partial charge in [0.1, 0.15) is 6.10 Å². The van der Waals surface area contributed by atoms with Crippen molar-refractivity contribution in [2.75, 3.05) is 18.8 Å². The van der Waals surface area contributed by atoms with Crippen LogP contribution in [0.5, 0.6) is 5.88 Å². The highest BCUT2D eigenvalue weighted by molar-refractivity contribution is 7.99. The zero-order valence-electron chi connectivity index (χ0n) is 14.6. The maximum atomic E-state index is 13.0. The molecule has 1 aliphatic heterocycles. The van der Waals surface area contributed by atoms with E-state index < -0.39 is 0 Å². The fourth-order valence-electron chi connectivity index (χ4n) is 2.93. The van der Waals surface area contributed by atoms with Gasteiger partial charge in [-0.2, -0.15) is 5.10 Å². The number of thioether (sulfide) groups is 1. The summed E-state index contributed by atoms with van der Waals surface area (Å²) in [7, 11) is 0. The van der Waals surface area contributed by atoms with Crippen LogP contribution in [-0.4, -0.2) is 46.0 Å². The molecule has 3 rings (SSSR count). The molecule has 1 atom stereocenters. The zero-order valence-corrected chi connectivity index (χ0v) is 15.5. The summed E-state index contributed by atoms with van der Waals surface area (Å²) in [4.78, 5) is 15.9. The lowest BCUT2D eigenvalue weighted by Crippen LogP contribution is -2.44. The van der Waals surface area contributed by atoms with E-state index in [-0.39, 0.29) is 12.0 Å². The van der Waals surface area contributed by atoms with Crippen LogP contribution in [-0.2, 0) is 0 Å². The molecule has 1 fully saturated rings. The number of ether oxygens (including phenoxy) is 1. The van der Waals surface area contributed by atoms with Gasteiger partial charge in [0, 0.05) is 17.5 Å². The molecule has 1 saturated heterocycles. The Morgan fingerprint density at radius 3 is 2.88 bits per heavy atom. The number of piperidine rings is 1. The summed E-state index contributed by atoms with van der Waals surface area (Å²) in [6, 6.07) is 11.5. The predicted octanol–water partition coefficient (Wildman–Crippen LogP) is 3.58. The summed E-state index contributed by atoms with van der Waals surface area (Å²) in [6.45, 7) is 5.34. The van der Waals surface area contributed by atoms with E-state index in [4.69, 9.17) is 4.74 Å². The molecular formula is C19H23N3O2S. The topological polar surface area (TPSA) is 55.3 Å². The number of carbonyl (C=O) groups excluding carboxylic acids is 1. The molecule has 2 aromatic rings. The monoisotopic (exact) mass is 357 g/mol. The van der Waals surface area contributed by atoms with E-state index in [0.29, 0.717) is 12.4 Å². The van der Waals surface area contributed by atoms with Gasteiger partial charge in [-0.25, -0.2) is 0 Å². The number of hydrogen-bond acceptors (Lipinski definition) is 5. The Hall–Kier alpha value is -2.08. The number of hydrogen-bond donors (Lipinski definition) is 0. The van der Waals surface area contributed by atoms with Crippen LogP contribution in [0, 0.1) is 6.92 Å². The van der Waals surface area contributed by atoms with Crippen LogP contribution in [0.3, 0.4) is 0 Å². The Bertz CT molecular complexity index is 721. The lowest BCUT2D eigenvalue weighted by Gasteiger charge is -2.33. The third-order valence-electron chi connectivity index (χ3n) is 4.14. The van der Waals surface area contributed by atoms with Crippen LogP contribution in [0.15, 0.2) is 41.3 Å². The molecule has 0 aliphatic carbocycles. The van der Waals surface area contributed by atoms with E-state index in [1.54, 1.807) is 11.8 Å². The molecule has 1 amide bonds. The lowest BCUT2D eigenvalue weighted by molar-refractivity contribution is 0.0522. The molecule has 1 aromatic heterocycles. The first-order chi connectivity index (χ1) is 12.2. The minimum Gasteiger partial charge on any atom is -0.471 e. The summed E-state index contributed by atoms with van der Waals surface area (Å²) in [5, 5.41) is 8.08. The number of rotatable bonds is 5. The number of aromatic nitrogens is 2. The number of aryl methyl sites for hydroxylation is 1. The Kier molecular flexibility index (Phi) is 5.91. The SMILES string of the molecule is CCSc1ccccc1C(=O)N1CCCC(Oc2ccc(C)nn2)C1. The second kappa shape index (κ2) is 8.34. The molecular weight excluding hydrogens is 334 g/mol. The van der Waals surface area contributed by atoms with Gasteiger partial charge in [0.05, 0.1) is 17.8 Å². The van der Waals surface area contributed by atoms with Crippen LogP contribution in [0.25, 0.3) is 0 Å². The first-order valence-electron chi connectivity index (χ1n) is 8.65. The highest BCUT2D eigenvalue weighted by Gasteiger charge is 2.27. The van der Waals surface area contributed by atoms with E-state index in [0.717, 1.165) is 41.3 Å². The molecule has 0 radical (unpaired) electrons. The smallest absolute Gasteiger partial charge is 0.255 e. The van der Waals surface area contributed by atoms with Gasteiger partial charge in [-0.05, 0) is 43.7 Å². The minimum absolute atomic E-state index is 0.0410. The molecule has 0 saturated carbocycles. The van der Waals surface area contributed by atoms with Crippen molar-refractivity contribution in [3.63, 3.8) is 0 Å². The second-order valence-electron chi connectivity index (χ2n) is 6.08. The largest absolute Gasteiger partial charge is 0.471 e. The number of nitrogens with zero attached hydrogens (tertiary/aromatic N) is 3. The average molecular weight is 357 g/mol. The van der Waals surface area contributed by atoms with Gasteiger partial charge in [0.2, 0.25) is 5.88 Å². The molecule has 0 N–H and O–H groups in total. The first kappa shape index (κ1) is 17.7. The molecule has 0 bridgehead atoms. The summed E-state index contributed by atoms with van der Waals surface area (Å²) in [5.41, 5.74) is 1.64. The normalized spacial score (nSPS) is 17.4. The van der Waals surface area contributed by atoms with Crippen molar-refractivity contribution in [1.29, 1.82) is 0 Å². The molecule has 1 aliphatic rings. The summed E-state index contributed by atoms with van der Waals surface area (Å²) in [6.07, 6.45) is 1.81. The van der Waals surface area contributed by atoms with Gasteiger partial charge in [-0.3, -0.25) is 4.79 Å². The molecule has 1 aromatic carbocycles. The first-order valence-corrected chi connectivity index (χ1v) is 9.64. The maximum Gasteiger partial charge on any atom is 0.255 e. The van der Waals surface area contributed by atoms with Crippen LogP contribution in [0.2, 0.25) is 0 Å². The van der Waals surface area contributed by atoms with Gasteiger partial charge in [0.15, 0.2) is 0 Å². The van der Waals surface area contributed by atoms with Crippen LogP contribution in [0.1, 0.15) is 35.8 Å². The standard InChI is InChI=1S/C19H23N3O2S/c1-3-25-17-9-5-4-8-16(17)19(23)22-12-6-7-15(13-22)24-18-11-10-14(2)20-21-18/h4-5,8-11,15H,3,6-7,12-13H2,1-2H3. The van der Waals surface area contributed by atoms with Gasteiger partial charge in [0.25, 0.3) is 5.91 Å². The van der Waals surface area contributed by atoms with E-state index in [1.165, 1.54) is 0 Å². The number of carbonyl (C=O) groups is 1. The summed E-state index contributed by atoms with van der Waals surface area (Å²) < 4.78 is 5.93. The van der Waals surface area contributed by atoms with E-state index in [2.05, 4.69) is 17.1 Å². The summed E-state index contributed by atoms with van der Waals surface area (Å²) >= 11 is 1.70. The minimum atomic E-state index is -0.0410. The van der Waals surface area contributed by atoms with Crippen molar-refractivity contribution >= 4 is 17.7 Å². The molecule has 2 heterocycles. The lowest BCUT2D eigenvalue weighted by atomic mass is 10.1. The number of likely N-dealkylation sites (tertiary alicyclic amines) is 1. The van der Waals surface area contributed by atoms with E-state index in [9.17, 15) is 4.79 Å². The maximum absolute atomic E-state index is 13.0. The molecule has 132 valence electrons. The quantitative estimate of drug-likeness (QED) is 0.766. The molecule has 0 spiro atoms. The molecule has 6 heteroatoms. The van der Waals surface area contributed by atoms with Gasteiger partial charge in [-0.1, -0.05) is 19.1 Å². The second-order valence-corrected chi connectivity index (χ2v) is 7.38. The van der Waals surface area contributed by atoms with E-state index in [1.807, 2.05) is 48.2 Å². The highest BCUT2D eigenvalue weighted by Crippen LogP contribution is 2.25. The Morgan fingerprint density at radius 2 is 2.12 bits per heavy atom. The van der Waals surface area contributed by atoms with Crippen LogP contribution >= 0.6 is 11.8 Å². The van der Waals surface area contributed by atoms with Crippen molar-refractivity contribution in [3.8, 4) is 5.88 Å². The van der Waals surface area contributed by atoms with Crippen LogP contribution in [0.4, 0.5) is 0 Å². The summed E-state index contributed by atoms with van der Waals surface area (Å²) in [5.74, 6) is 1.55. The zero-order chi connectivity index (χ0) is 17.6. The number of amides is 1. The fraction of sp³-hybridized carbons (Fsp3) is 0.421.